The predicted octanol–water partition coefficient (Wildman–Crippen LogP) is 2.96. The van der Waals surface area contributed by atoms with Gasteiger partial charge in [-0.25, -0.2) is 9.37 Å². The molecule has 7 heteroatoms. The van der Waals surface area contributed by atoms with Crippen LogP contribution in [0.15, 0.2) is 29.3 Å². The Balaban J connectivity index is 2.41. The van der Waals surface area contributed by atoms with Crippen molar-refractivity contribution in [3.8, 4) is 0 Å². The molecule has 0 aliphatic heterocycles. The van der Waals surface area contributed by atoms with Crippen molar-refractivity contribution in [1.29, 1.82) is 0 Å². The van der Waals surface area contributed by atoms with E-state index in [-0.39, 0.29) is 16.5 Å². The van der Waals surface area contributed by atoms with Gasteiger partial charge in [0, 0.05) is 0 Å². The van der Waals surface area contributed by atoms with Gasteiger partial charge < -0.3 is 10.3 Å². The van der Waals surface area contributed by atoms with Gasteiger partial charge in [-0.1, -0.05) is 23.2 Å². The van der Waals surface area contributed by atoms with Crippen LogP contribution < -0.4 is 10.9 Å². The lowest BCUT2D eigenvalue weighted by atomic mass is 10.3. The van der Waals surface area contributed by atoms with Gasteiger partial charge in [0.2, 0.25) is 0 Å². The Morgan fingerprint density at radius 1 is 1.35 bits per heavy atom. The Morgan fingerprint density at radius 3 is 2.88 bits per heavy atom. The highest BCUT2D eigenvalue weighted by molar-refractivity contribution is 6.34. The average molecular weight is 274 g/mol. The number of H-pyrrole nitrogens is 1. The summed E-state index contributed by atoms with van der Waals surface area (Å²) in [6.07, 6.45) is 1.18. The second-order valence-corrected chi connectivity index (χ2v) is 3.93. The molecule has 0 fully saturated rings. The maximum absolute atomic E-state index is 13.0. The van der Waals surface area contributed by atoms with E-state index < -0.39 is 11.4 Å². The maximum atomic E-state index is 13.0. The van der Waals surface area contributed by atoms with Gasteiger partial charge in [0.25, 0.3) is 5.56 Å². The molecule has 1 heterocycles. The van der Waals surface area contributed by atoms with Crippen molar-refractivity contribution < 1.29 is 4.39 Å². The molecule has 2 rings (SSSR count). The molecule has 0 saturated heterocycles. The number of rotatable bonds is 2. The lowest BCUT2D eigenvalue weighted by molar-refractivity contribution is 0.628. The minimum Gasteiger partial charge on any atom is -0.337 e. The van der Waals surface area contributed by atoms with E-state index in [9.17, 15) is 9.18 Å². The van der Waals surface area contributed by atoms with Crippen LogP contribution in [-0.4, -0.2) is 9.97 Å². The Bertz CT molecular complexity index is 615. The van der Waals surface area contributed by atoms with Crippen LogP contribution in [0.25, 0.3) is 0 Å². The molecule has 1 aromatic heterocycles. The normalized spacial score (nSPS) is 10.3. The number of halogens is 3. The molecule has 0 saturated carbocycles. The lowest BCUT2D eigenvalue weighted by Gasteiger charge is -2.08. The van der Waals surface area contributed by atoms with Crippen molar-refractivity contribution in [2.45, 2.75) is 0 Å². The van der Waals surface area contributed by atoms with Gasteiger partial charge in [-0.3, -0.25) is 4.79 Å². The second kappa shape index (κ2) is 4.73. The molecule has 0 radical (unpaired) electrons. The molecule has 4 nitrogen and oxygen atoms in total. The van der Waals surface area contributed by atoms with Crippen LogP contribution >= 0.6 is 23.2 Å². The number of hydrogen-bond donors (Lipinski definition) is 2. The van der Waals surface area contributed by atoms with E-state index >= 15 is 0 Å². The number of benzene rings is 1. The first-order valence-electron chi connectivity index (χ1n) is 4.53. The summed E-state index contributed by atoms with van der Waals surface area (Å²) in [7, 11) is 0. The fourth-order valence-electron chi connectivity index (χ4n) is 1.19. The zero-order chi connectivity index (χ0) is 12.4. The van der Waals surface area contributed by atoms with E-state index in [1.165, 1.54) is 24.5 Å². The van der Waals surface area contributed by atoms with Gasteiger partial charge in [-0.05, 0) is 18.2 Å². The molecule has 2 aromatic rings. The molecular weight excluding hydrogens is 268 g/mol. The summed E-state index contributed by atoms with van der Waals surface area (Å²) < 4.78 is 13.0. The minimum absolute atomic E-state index is 0.114. The fraction of sp³-hybridized carbons (Fsp3) is 0. The summed E-state index contributed by atoms with van der Waals surface area (Å²) in [6, 6.07) is 3.79. The first-order chi connectivity index (χ1) is 8.08. The van der Waals surface area contributed by atoms with Crippen molar-refractivity contribution in [2.75, 3.05) is 5.32 Å². The van der Waals surface area contributed by atoms with E-state index in [1.54, 1.807) is 0 Å². The number of nitrogens with one attached hydrogen (secondary N) is 2. The van der Waals surface area contributed by atoms with Crippen molar-refractivity contribution in [1.82, 2.24) is 9.97 Å². The SMILES string of the molecule is O=c1[nH]cnc(Nc2cc(F)ccc2Cl)c1Cl. The molecule has 0 unspecified atom stereocenters. The molecule has 0 spiro atoms. The van der Waals surface area contributed by atoms with Gasteiger partial charge >= 0.3 is 0 Å². The van der Waals surface area contributed by atoms with Crippen LogP contribution in [0.1, 0.15) is 0 Å². The van der Waals surface area contributed by atoms with Gasteiger partial charge in [-0.2, -0.15) is 0 Å². The number of aromatic amines is 1. The minimum atomic E-state index is -0.489. The van der Waals surface area contributed by atoms with Crippen molar-refractivity contribution >= 4 is 34.7 Å². The first-order valence-corrected chi connectivity index (χ1v) is 5.29. The van der Waals surface area contributed by atoms with Crippen molar-refractivity contribution in [3.63, 3.8) is 0 Å². The summed E-state index contributed by atoms with van der Waals surface area (Å²) in [5, 5.41) is 2.87. The molecule has 0 aliphatic rings. The van der Waals surface area contributed by atoms with Crippen LogP contribution in [0.3, 0.4) is 0 Å². The summed E-state index contributed by atoms with van der Waals surface area (Å²) in [6.45, 7) is 0. The molecule has 0 amide bonds. The molecule has 17 heavy (non-hydrogen) atoms. The summed E-state index contributed by atoms with van der Waals surface area (Å²) >= 11 is 11.6. The monoisotopic (exact) mass is 273 g/mol. The topological polar surface area (TPSA) is 57.8 Å². The van der Waals surface area contributed by atoms with Crippen LogP contribution in [0.2, 0.25) is 10.0 Å². The standard InChI is InChI=1S/C10H6Cl2FN3O/c11-6-2-1-5(13)3-7(6)16-9-8(12)10(17)15-4-14-9/h1-4H,(H2,14,15,16,17). The van der Waals surface area contributed by atoms with Crippen molar-refractivity contribution in [3.05, 3.63) is 50.7 Å². The third-order valence-corrected chi connectivity index (χ3v) is 2.66. The molecule has 0 bridgehead atoms. The third kappa shape index (κ3) is 2.57. The molecule has 2 N–H and O–H groups in total. The van der Waals surface area contributed by atoms with E-state index in [4.69, 9.17) is 23.2 Å². The van der Waals surface area contributed by atoms with E-state index in [1.807, 2.05) is 0 Å². The Morgan fingerprint density at radius 2 is 2.12 bits per heavy atom. The Hall–Kier alpha value is -1.59. The smallest absolute Gasteiger partial charge is 0.271 e. The number of nitrogens with zero attached hydrogens (tertiary/aromatic N) is 1. The van der Waals surface area contributed by atoms with Gasteiger partial charge in [0.15, 0.2) is 5.82 Å². The van der Waals surface area contributed by atoms with Crippen LogP contribution in [-0.2, 0) is 0 Å². The fourth-order valence-corrected chi connectivity index (χ4v) is 1.51. The molecule has 0 atom stereocenters. The quantitative estimate of drug-likeness (QED) is 0.885. The highest BCUT2D eigenvalue weighted by Crippen LogP contribution is 2.26. The van der Waals surface area contributed by atoms with E-state index in [2.05, 4.69) is 15.3 Å². The maximum Gasteiger partial charge on any atom is 0.271 e. The summed E-state index contributed by atoms with van der Waals surface area (Å²) in [4.78, 5) is 17.3. The largest absolute Gasteiger partial charge is 0.337 e. The second-order valence-electron chi connectivity index (χ2n) is 3.14. The van der Waals surface area contributed by atoms with Crippen LogP contribution in [0.4, 0.5) is 15.9 Å². The summed E-state index contributed by atoms with van der Waals surface area (Å²) in [5.41, 5.74) is -0.205. The lowest BCUT2D eigenvalue weighted by Crippen LogP contribution is -2.09. The molecule has 0 aliphatic carbocycles. The summed E-state index contributed by atoms with van der Waals surface area (Å²) in [5.74, 6) is -0.347. The van der Waals surface area contributed by atoms with E-state index in [0.717, 1.165) is 0 Å². The van der Waals surface area contributed by atoms with Crippen molar-refractivity contribution in [2.24, 2.45) is 0 Å². The number of anilines is 2. The van der Waals surface area contributed by atoms with Gasteiger partial charge in [-0.15, -0.1) is 0 Å². The van der Waals surface area contributed by atoms with Crippen LogP contribution in [0, 0.1) is 5.82 Å². The first kappa shape index (κ1) is 11.9. The van der Waals surface area contributed by atoms with Gasteiger partial charge in [0.05, 0.1) is 17.0 Å². The third-order valence-electron chi connectivity index (χ3n) is 1.98. The molecular formula is C10H6Cl2FN3O. The van der Waals surface area contributed by atoms with Crippen LogP contribution in [0.5, 0.6) is 0 Å². The van der Waals surface area contributed by atoms with Gasteiger partial charge in [0.1, 0.15) is 10.8 Å². The average Bonchev–Trinajstić information content (AvgIpc) is 2.30. The number of hydrogen-bond acceptors (Lipinski definition) is 3. The zero-order valence-corrected chi connectivity index (χ0v) is 9.81. The highest BCUT2D eigenvalue weighted by Gasteiger charge is 2.08. The van der Waals surface area contributed by atoms with E-state index in [0.29, 0.717) is 5.02 Å². The highest BCUT2D eigenvalue weighted by atomic mass is 35.5. The Kier molecular flexibility index (Phi) is 3.31. The predicted molar refractivity (Wildman–Crippen MR) is 64.6 cm³/mol. The Labute approximate surface area is 105 Å². The molecule has 88 valence electrons. The molecule has 1 aromatic carbocycles. The number of aromatic nitrogens is 2. The zero-order valence-electron chi connectivity index (χ0n) is 8.30.